The minimum atomic E-state index is -0.588. The lowest BCUT2D eigenvalue weighted by atomic mass is 10.0. The number of hydrogen-bond donors (Lipinski definition) is 0. The molecule has 0 amide bonds. The van der Waals surface area contributed by atoms with Gasteiger partial charge in [-0.25, -0.2) is 4.79 Å². The molecule has 1 aromatic rings. The largest absolute Gasteiger partial charge is 0.465 e. The van der Waals surface area contributed by atoms with E-state index >= 15 is 0 Å². The van der Waals surface area contributed by atoms with Gasteiger partial charge in [-0.05, 0) is 18.6 Å². The number of benzene rings is 1. The zero-order chi connectivity index (χ0) is 10.7. The monoisotopic (exact) mass is 209 g/mol. The Morgan fingerprint density at radius 1 is 1.57 bits per heavy atom. The van der Waals surface area contributed by atoms with Crippen LogP contribution < -0.4 is 0 Å². The minimum absolute atomic E-state index is 0.136. The standard InChI is InChI=1S/C10H8ClNO2/c1-6-3-4-8(11)9(7(6)5-12)10(13)14-2/h3-4H,1-2H3. The van der Waals surface area contributed by atoms with Gasteiger partial charge in [0.1, 0.15) is 6.07 Å². The molecule has 4 heteroatoms. The normalized spacial score (nSPS) is 9.29. The molecular formula is C10H8ClNO2. The maximum atomic E-state index is 11.3. The Bertz CT molecular complexity index is 421. The lowest BCUT2D eigenvalue weighted by Crippen LogP contribution is -2.06. The number of carbonyl (C=O) groups excluding carboxylic acids is 1. The van der Waals surface area contributed by atoms with Gasteiger partial charge in [0.15, 0.2) is 0 Å². The van der Waals surface area contributed by atoms with Crippen LogP contribution in [-0.2, 0) is 4.74 Å². The number of nitriles is 1. The molecule has 1 aromatic carbocycles. The zero-order valence-corrected chi connectivity index (χ0v) is 8.55. The van der Waals surface area contributed by atoms with E-state index in [0.717, 1.165) is 0 Å². The Morgan fingerprint density at radius 2 is 2.21 bits per heavy atom. The van der Waals surface area contributed by atoms with Crippen LogP contribution in [0.15, 0.2) is 12.1 Å². The van der Waals surface area contributed by atoms with Gasteiger partial charge in [0.2, 0.25) is 0 Å². The fourth-order valence-electron chi connectivity index (χ4n) is 1.13. The Kier molecular flexibility index (Phi) is 3.10. The van der Waals surface area contributed by atoms with E-state index in [4.69, 9.17) is 16.9 Å². The van der Waals surface area contributed by atoms with E-state index in [1.165, 1.54) is 7.11 Å². The van der Waals surface area contributed by atoms with Gasteiger partial charge in [-0.3, -0.25) is 0 Å². The van der Waals surface area contributed by atoms with Gasteiger partial charge in [-0.15, -0.1) is 0 Å². The first-order valence-corrected chi connectivity index (χ1v) is 4.27. The minimum Gasteiger partial charge on any atom is -0.465 e. The number of halogens is 1. The number of rotatable bonds is 1. The van der Waals surface area contributed by atoms with Gasteiger partial charge < -0.3 is 4.74 Å². The molecule has 0 bridgehead atoms. The van der Waals surface area contributed by atoms with Gasteiger partial charge in [0.25, 0.3) is 0 Å². The number of nitrogens with zero attached hydrogens (tertiary/aromatic N) is 1. The first-order valence-electron chi connectivity index (χ1n) is 3.89. The highest BCUT2D eigenvalue weighted by Gasteiger charge is 2.17. The highest BCUT2D eigenvalue weighted by atomic mass is 35.5. The molecule has 0 atom stereocenters. The lowest BCUT2D eigenvalue weighted by Gasteiger charge is -2.06. The van der Waals surface area contributed by atoms with Gasteiger partial charge in [-0.1, -0.05) is 17.7 Å². The molecule has 0 aliphatic rings. The van der Waals surface area contributed by atoms with Gasteiger partial charge in [0, 0.05) is 0 Å². The predicted molar refractivity (Wildman–Crippen MR) is 52.2 cm³/mol. The third-order valence-corrected chi connectivity index (χ3v) is 2.18. The van der Waals surface area contributed by atoms with Crippen LogP contribution in [0.25, 0.3) is 0 Å². The number of carbonyl (C=O) groups is 1. The molecule has 0 radical (unpaired) electrons. The molecule has 0 heterocycles. The number of esters is 1. The molecule has 0 saturated carbocycles. The second kappa shape index (κ2) is 4.12. The van der Waals surface area contributed by atoms with E-state index in [9.17, 15) is 4.79 Å². The van der Waals surface area contributed by atoms with Crippen molar-refractivity contribution in [3.63, 3.8) is 0 Å². The average molecular weight is 210 g/mol. The van der Waals surface area contributed by atoms with Crippen molar-refractivity contribution in [2.45, 2.75) is 6.92 Å². The molecule has 72 valence electrons. The van der Waals surface area contributed by atoms with E-state index in [2.05, 4.69) is 4.74 Å². The molecule has 1 rings (SSSR count). The molecule has 14 heavy (non-hydrogen) atoms. The number of ether oxygens (including phenoxy) is 1. The molecule has 0 N–H and O–H groups in total. The maximum Gasteiger partial charge on any atom is 0.340 e. The highest BCUT2D eigenvalue weighted by Crippen LogP contribution is 2.23. The van der Waals surface area contributed by atoms with E-state index in [1.54, 1.807) is 19.1 Å². The van der Waals surface area contributed by atoms with Crippen LogP contribution in [0, 0.1) is 18.3 Å². The maximum absolute atomic E-state index is 11.3. The summed E-state index contributed by atoms with van der Waals surface area (Å²) >= 11 is 5.80. The van der Waals surface area contributed by atoms with Crippen molar-refractivity contribution < 1.29 is 9.53 Å². The van der Waals surface area contributed by atoms with Crippen LogP contribution >= 0.6 is 11.6 Å². The summed E-state index contributed by atoms with van der Waals surface area (Å²) in [6.07, 6.45) is 0. The van der Waals surface area contributed by atoms with E-state index in [-0.39, 0.29) is 16.1 Å². The summed E-state index contributed by atoms with van der Waals surface area (Å²) < 4.78 is 4.54. The van der Waals surface area contributed by atoms with Crippen molar-refractivity contribution in [3.05, 3.63) is 33.8 Å². The van der Waals surface area contributed by atoms with E-state index < -0.39 is 5.97 Å². The Balaban J connectivity index is 3.47. The molecular weight excluding hydrogens is 202 g/mol. The first kappa shape index (κ1) is 10.6. The summed E-state index contributed by atoms with van der Waals surface area (Å²) in [5, 5.41) is 9.09. The summed E-state index contributed by atoms with van der Waals surface area (Å²) in [5.74, 6) is -0.588. The Hall–Kier alpha value is -1.53. The molecule has 0 aliphatic heterocycles. The number of aryl methyl sites for hydroxylation is 1. The molecule has 0 aliphatic carbocycles. The smallest absolute Gasteiger partial charge is 0.340 e. The quantitative estimate of drug-likeness (QED) is 0.667. The highest BCUT2D eigenvalue weighted by molar-refractivity contribution is 6.33. The fraction of sp³-hybridized carbons (Fsp3) is 0.200. The molecule has 0 spiro atoms. The SMILES string of the molecule is COC(=O)c1c(Cl)ccc(C)c1C#N. The van der Waals surface area contributed by atoms with Crippen LogP contribution in [0.1, 0.15) is 21.5 Å². The molecule has 0 saturated heterocycles. The third kappa shape index (κ3) is 1.70. The van der Waals surface area contributed by atoms with Gasteiger partial charge >= 0.3 is 5.97 Å². The first-order chi connectivity index (χ1) is 6.61. The van der Waals surface area contributed by atoms with E-state index in [0.29, 0.717) is 5.56 Å². The molecule has 0 unspecified atom stereocenters. The molecule has 0 fully saturated rings. The number of hydrogen-bond acceptors (Lipinski definition) is 3. The van der Waals surface area contributed by atoms with Crippen LogP contribution in [-0.4, -0.2) is 13.1 Å². The Morgan fingerprint density at radius 3 is 2.71 bits per heavy atom. The Labute approximate surface area is 86.9 Å². The fourth-order valence-corrected chi connectivity index (χ4v) is 1.36. The molecule has 3 nitrogen and oxygen atoms in total. The van der Waals surface area contributed by atoms with Crippen molar-refractivity contribution in [1.29, 1.82) is 5.26 Å². The topological polar surface area (TPSA) is 50.1 Å². The van der Waals surface area contributed by atoms with Crippen molar-refractivity contribution in [2.24, 2.45) is 0 Å². The average Bonchev–Trinajstić information content (AvgIpc) is 2.19. The predicted octanol–water partition coefficient (Wildman–Crippen LogP) is 2.31. The van der Waals surface area contributed by atoms with Crippen molar-refractivity contribution in [2.75, 3.05) is 7.11 Å². The molecule has 0 aromatic heterocycles. The van der Waals surface area contributed by atoms with Crippen molar-refractivity contribution in [1.82, 2.24) is 0 Å². The zero-order valence-electron chi connectivity index (χ0n) is 7.80. The summed E-state index contributed by atoms with van der Waals surface area (Å²) in [7, 11) is 1.25. The summed E-state index contributed by atoms with van der Waals surface area (Å²) in [4.78, 5) is 11.3. The van der Waals surface area contributed by atoms with Crippen LogP contribution in [0.3, 0.4) is 0 Å². The number of methoxy groups -OCH3 is 1. The van der Waals surface area contributed by atoms with Crippen molar-refractivity contribution in [3.8, 4) is 6.07 Å². The van der Waals surface area contributed by atoms with Crippen LogP contribution in [0.5, 0.6) is 0 Å². The lowest BCUT2D eigenvalue weighted by molar-refractivity contribution is 0.0600. The van der Waals surface area contributed by atoms with Crippen LogP contribution in [0.2, 0.25) is 5.02 Å². The summed E-state index contributed by atoms with van der Waals surface area (Å²) in [6, 6.07) is 5.20. The van der Waals surface area contributed by atoms with Crippen LogP contribution in [0.4, 0.5) is 0 Å². The van der Waals surface area contributed by atoms with Crippen molar-refractivity contribution >= 4 is 17.6 Å². The second-order valence-corrected chi connectivity index (χ2v) is 3.12. The van der Waals surface area contributed by atoms with Gasteiger partial charge in [-0.2, -0.15) is 5.26 Å². The third-order valence-electron chi connectivity index (χ3n) is 1.86. The summed E-state index contributed by atoms with van der Waals surface area (Å²) in [6.45, 7) is 1.74. The summed E-state index contributed by atoms with van der Waals surface area (Å²) in [5.41, 5.74) is 1.11. The van der Waals surface area contributed by atoms with E-state index in [1.807, 2.05) is 6.07 Å². The van der Waals surface area contributed by atoms with Gasteiger partial charge in [0.05, 0.1) is 23.3 Å². The second-order valence-electron chi connectivity index (χ2n) is 2.72.